The molecule has 0 atom stereocenters. The van der Waals surface area contributed by atoms with Crippen LogP contribution in [0.15, 0.2) is 16.9 Å². The maximum absolute atomic E-state index is 12.1. The second-order valence-corrected chi connectivity index (χ2v) is 5.58. The molecule has 0 bridgehead atoms. The van der Waals surface area contributed by atoms with Gasteiger partial charge in [0.05, 0.1) is 10.5 Å². The third-order valence-corrected chi connectivity index (χ3v) is 4.42. The number of thiocarbonyl (C=S) groups is 1. The number of nitrogens with one attached hydrogen (secondary N) is 1. The lowest BCUT2D eigenvalue weighted by atomic mass is 9.75. The van der Waals surface area contributed by atoms with Crippen molar-refractivity contribution < 1.29 is 9.32 Å². The third kappa shape index (κ3) is 2.94. The molecule has 0 unspecified atom stereocenters. The molecule has 0 spiro atoms. The van der Waals surface area contributed by atoms with E-state index in [1.165, 1.54) is 12.3 Å². The van der Waals surface area contributed by atoms with Gasteiger partial charge in [0.15, 0.2) is 5.69 Å². The number of hydrogen-bond donors (Lipinski definition) is 2. The Kier molecular flexibility index (Phi) is 4.19. The van der Waals surface area contributed by atoms with Crippen molar-refractivity contribution in [3.63, 3.8) is 0 Å². The summed E-state index contributed by atoms with van der Waals surface area (Å²) >= 11 is 5.17. The van der Waals surface area contributed by atoms with Crippen molar-refractivity contribution in [1.29, 1.82) is 0 Å². The Morgan fingerprint density at radius 2 is 2.32 bits per heavy atom. The molecule has 0 radical (unpaired) electrons. The lowest BCUT2D eigenvalue weighted by Crippen LogP contribution is -2.58. The van der Waals surface area contributed by atoms with E-state index in [0.717, 1.165) is 32.1 Å². The SMILES string of the molecule is CCC1CCC(NC(=O)c2ccon2)(C(N)=S)CC1. The first-order valence-corrected chi connectivity index (χ1v) is 7.01. The first kappa shape index (κ1) is 14.0. The zero-order chi connectivity index (χ0) is 13.9. The van der Waals surface area contributed by atoms with Gasteiger partial charge in [-0.3, -0.25) is 4.79 Å². The number of nitrogens with two attached hydrogens (primary N) is 1. The van der Waals surface area contributed by atoms with Crippen LogP contribution in [0.25, 0.3) is 0 Å². The average molecular weight is 281 g/mol. The predicted molar refractivity (Wildman–Crippen MR) is 75.7 cm³/mol. The van der Waals surface area contributed by atoms with Crippen LogP contribution >= 0.6 is 12.2 Å². The van der Waals surface area contributed by atoms with E-state index in [0.29, 0.717) is 10.9 Å². The maximum Gasteiger partial charge on any atom is 0.274 e. The highest BCUT2D eigenvalue weighted by Crippen LogP contribution is 2.34. The van der Waals surface area contributed by atoms with Crippen LogP contribution in [0.3, 0.4) is 0 Å². The van der Waals surface area contributed by atoms with Gasteiger partial charge in [-0.2, -0.15) is 0 Å². The van der Waals surface area contributed by atoms with Crippen LogP contribution in [0.5, 0.6) is 0 Å². The number of aromatic nitrogens is 1. The van der Waals surface area contributed by atoms with Crippen molar-refractivity contribution in [1.82, 2.24) is 10.5 Å². The van der Waals surface area contributed by atoms with Crippen LogP contribution in [-0.2, 0) is 0 Å². The van der Waals surface area contributed by atoms with Gasteiger partial charge in [0.25, 0.3) is 5.91 Å². The van der Waals surface area contributed by atoms with Gasteiger partial charge in [-0.25, -0.2) is 0 Å². The van der Waals surface area contributed by atoms with E-state index in [9.17, 15) is 4.79 Å². The molecular formula is C13H19N3O2S. The molecule has 6 heteroatoms. The minimum Gasteiger partial charge on any atom is -0.391 e. The highest BCUT2D eigenvalue weighted by molar-refractivity contribution is 7.80. The fourth-order valence-electron chi connectivity index (χ4n) is 2.62. The van der Waals surface area contributed by atoms with Crippen molar-refractivity contribution in [3.8, 4) is 0 Å². The molecule has 1 aromatic heterocycles. The fraction of sp³-hybridized carbons (Fsp3) is 0.615. The number of amides is 1. The van der Waals surface area contributed by atoms with Gasteiger partial charge in [0.1, 0.15) is 6.26 Å². The molecule has 0 saturated heterocycles. The maximum atomic E-state index is 12.1. The molecule has 1 aliphatic carbocycles. The van der Waals surface area contributed by atoms with E-state index < -0.39 is 5.54 Å². The minimum absolute atomic E-state index is 0.258. The van der Waals surface area contributed by atoms with E-state index in [1.54, 1.807) is 0 Å². The van der Waals surface area contributed by atoms with Gasteiger partial charge < -0.3 is 15.6 Å². The molecule has 19 heavy (non-hydrogen) atoms. The molecule has 1 amide bonds. The van der Waals surface area contributed by atoms with E-state index in [1.807, 2.05) is 0 Å². The fourth-order valence-corrected chi connectivity index (χ4v) is 2.88. The van der Waals surface area contributed by atoms with E-state index in [4.69, 9.17) is 18.0 Å². The largest absolute Gasteiger partial charge is 0.391 e. The van der Waals surface area contributed by atoms with Gasteiger partial charge in [-0.15, -0.1) is 0 Å². The Morgan fingerprint density at radius 1 is 1.63 bits per heavy atom. The Hall–Kier alpha value is -1.43. The first-order chi connectivity index (χ1) is 9.07. The third-order valence-electron chi connectivity index (χ3n) is 4.03. The number of carbonyl (C=O) groups is 1. The monoisotopic (exact) mass is 281 g/mol. The second-order valence-electron chi connectivity index (χ2n) is 5.14. The van der Waals surface area contributed by atoms with Crippen LogP contribution in [-0.4, -0.2) is 21.6 Å². The topological polar surface area (TPSA) is 81.2 Å². The van der Waals surface area contributed by atoms with Crippen LogP contribution < -0.4 is 11.1 Å². The number of nitrogens with zero attached hydrogens (tertiary/aromatic N) is 1. The number of carbonyl (C=O) groups excluding carboxylic acids is 1. The summed E-state index contributed by atoms with van der Waals surface area (Å²) in [5.41, 5.74) is 5.55. The highest BCUT2D eigenvalue weighted by atomic mass is 32.1. The molecule has 1 fully saturated rings. The normalized spacial score (nSPS) is 26.9. The standard InChI is InChI=1S/C13H19N3O2S/c1-2-9-3-6-13(7-4-9,12(14)19)15-11(17)10-5-8-18-16-10/h5,8-9H,2-4,6-7H2,1H3,(H2,14,19)(H,15,17). The minimum atomic E-state index is -0.572. The number of rotatable bonds is 4. The Bertz CT molecular complexity index is 450. The van der Waals surface area contributed by atoms with Crippen molar-refractivity contribution in [2.45, 2.75) is 44.6 Å². The molecule has 1 saturated carbocycles. The molecule has 0 aliphatic heterocycles. The summed E-state index contributed by atoms with van der Waals surface area (Å²) in [7, 11) is 0. The first-order valence-electron chi connectivity index (χ1n) is 6.60. The Morgan fingerprint density at radius 3 is 2.79 bits per heavy atom. The second kappa shape index (κ2) is 5.69. The number of hydrogen-bond acceptors (Lipinski definition) is 4. The molecule has 1 aromatic rings. The Balaban J connectivity index is 2.09. The van der Waals surface area contributed by atoms with Gasteiger partial charge in [0.2, 0.25) is 0 Å². The van der Waals surface area contributed by atoms with Crippen molar-refractivity contribution in [2.75, 3.05) is 0 Å². The summed E-state index contributed by atoms with van der Waals surface area (Å²) in [6.07, 6.45) is 6.19. The van der Waals surface area contributed by atoms with Gasteiger partial charge in [0, 0.05) is 6.07 Å². The van der Waals surface area contributed by atoms with Gasteiger partial charge in [-0.1, -0.05) is 30.7 Å². The van der Waals surface area contributed by atoms with Crippen molar-refractivity contribution in [3.05, 3.63) is 18.0 Å². The summed E-state index contributed by atoms with van der Waals surface area (Å²) < 4.78 is 4.68. The summed E-state index contributed by atoms with van der Waals surface area (Å²) in [4.78, 5) is 12.4. The lowest BCUT2D eigenvalue weighted by Gasteiger charge is -2.39. The van der Waals surface area contributed by atoms with Crippen molar-refractivity contribution >= 4 is 23.1 Å². The van der Waals surface area contributed by atoms with Crippen molar-refractivity contribution in [2.24, 2.45) is 11.7 Å². The molecule has 104 valence electrons. The van der Waals surface area contributed by atoms with E-state index in [2.05, 4.69) is 21.9 Å². The molecule has 5 nitrogen and oxygen atoms in total. The van der Waals surface area contributed by atoms with Crippen LogP contribution in [0.1, 0.15) is 49.5 Å². The predicted octanol–water partition coefficient (Wildman–Crippen LogP) is 2.03. The summed E-state index contributed by atoms with van der Waals surface area (Å²) in [6, 6.07) is 1.53. The molecule has 1 heterocycles. The molecule has 1 aliphatic rings. The summed E-state index contributed by atoms with van der Waals surface area (Å²) in [5.74, 6) is 0.419. The van der Waals surface area contributed by atoms with E-state index in [-0.39, 0.29) is 11.6 Å². The average Bonchev–Trinajstić information content (AvgIpc) is 2.93. The quantitative estimate of drug-likeness (QED) is 0.825. The lowest BCUT2D eigenvalue weighted by molar-refractivity contribution is 0.0889. The molecule has 3 N–H and O–H groups in total. The summed E-state index contributed by atoms with van der Waals surface area (Å²) in [6.45, 7) is 2.19. The zero-order valence-electron chi connectivity index (χ0n) is 11.0. The van der Waals surface area contributed by atoms with Crippen LogP contribution in [0.4, 0.5) is 0 Å². The van der Waals surface area contributed by atoms with Gasteiger partial charge in [-0.05, 0) is 31.6 Å². The Labute approximate surface area is 117 Å². The van der Waals surface area contributed by atoms with Gasteiger partial charge >= 0.3 is 0 Å². The summed E-state index contributed by atoms with van der Waals surface area (Å²) in [5, 5.41) is 6.58. The highest BCUT2D eigenvalue weighted by Gasteiger charge is 2.39. The van der Waals surface area contributed by atoms with Crippen LogP contribution in [0, 0.1) is 5.92 Å². The smallest absolute Gasteiger partial charge is 0.274 e. The molecular weight excluding hydrogens is 262 g/mol. The van der Waals surface area contributed by atoms with E-state index >= 15 is 0 Å². The molecule has 2 rings (SSSR count). The zero-order valence-corrected chi connectivity index (χ0v) is 11.8. The molecule has 0 aromatic carbocycles. The van der Waals surface area contributed by atoms with Crippen LogP contribution in [0.2, 0.25) is 0 Å².